The van der Waals surface area contributed by atoms with Gasteiger partial charge in [0.05, 0.1) is 13.7 Å². The summed E-state index contributed by atoms with van der Waals surface area (Å²) in [6.45, 7) is 11.2. The quantitative estimate of drug-likeness (QED) is 0.376. The molecule has 1 heterocycles. The molecule has 0 aliphatic rings. The van der Waals surface area contributed by atoms with Gasteiger partial charge in [-0.25, -0.2) is 4.79 Å². The van der Waals surface area contributed by atoms with Crippen molar-refractivity contribution in [2.45, 2.75) is 59.7 Å². The van der Waals surface area contributed by atoms with Crippen LogP contribution >= 0.6 is 11.3 Å². The molecule has 0 spiro atoms. The summed E-state index contributed by atoms with van der Waals surface area (Å²) in [5, 5.41) is 2.06. The van der Waals surface area contributed by atoms with Crippen molar-refractivity contribution in [1.29, 1.82) is 0 Å². The number of hydrogen-bond donors (Lipinski definition) is 0. The van der Waals surface area contributed by atoms with E-state index >= 15 is 0 Å². The highest BCUT2D eigenvalue weighted by molar-refractivity contribution is 7.09. The molecule has 2 aromatic rings. The highest BCUT2D eigenvalue weighted by Gasteiger charge is 2.26. The maximum Gasteiger partial charge on any atom is 0.341 e. The molecule has 0 saturated carbocycles. The second-order valence-corrected chi connectivity index (χ2v) is 8.99. The summed E-state index contributed by atoms with van der Waals surface area (Å²) in [4.78, 5) is 13.6. The first-order chi connectivity index (χ1) is 13.3. The van der Waals surface area contributed by atoms with Crippen molar-refractivity contribution < 1.29 is 19.0 Å². The van der Waals surface area contributed by atoms with E-state index in [1.807, 2.05) is 31.2 Å². The van der Waals surface area contributed by atoms with Gasteiger partial charge >= 0.3 is 5.97 Å². The number of carbonyl (C=O) groups is 1. The summed E-state index contributed by atoms with van der Waals surface area (Å²) in [6, 6.07) is 9.92. The van der Waals surface area contributed by atoms with Gasteiger partial charge in [0.15, 0.2) is 6.29 Å². The molecule has 0 amide bonds. The number of benzene rings is 1. The van der Waals surface area contributed by atoms with E-state index in [9.17, 15) is 4.79 Å². The van der Waals surface area contributed by atoms with Gasteiger partial charge in [0.2, 0.25) is 0 Å². The second-order valence-electron chi connectivity index (χ2n) is 7.96. The summed E-state index contributed by atoms with van der Waals surface area (Å²) in [5.74, 6) is 0.429. The fourth-order valence-corrected chi connectivity index (χ4v) is 4.17. The van der Waals surface area contributed by atoms with Crippen molar-refractivity contribution in [2.24, 2.45) is 5.41 Å². The van der Waals surface area contributed by atoms with Crippen LogP contribution in [0, 0.1) is 5.41 Å². The van der Waals surface area contributed by atoms with Gasteiger partial charge in [-0.15, -0.1) is 11.3 Å². The van der Waals surface area contributed by atoms with Crippen molar-refractivity contribution in [2.75, 3.05) is 13.7 Å². The molecular formula is C23H32O4S. The normalized spacial score (nSPS) is 13.8. The lowest BCUT2D eigenvalue weighted by Crippen LogP contribution is -2.21. The lowest BCUT2D eigenvalue weighted by Gasteiger charge is -2.31. The molecule has 1 aromatic heterocycles. The molecule has 28 heavy (non-hydrogen) atoms. The number of ether oxygens (including phenoxy) is 3. The molecule has 0 aliphatic heterocycles. The largest absolute Gasteiger partial charge is 0.465 e. The topological polar surface area (TPSA) is 44.8 Å². The predicted octanol–water partition coefficient (Wildman–Crippen LogP) is 6.06. The Hall–Kier alpha value is -1.85. The molecule has 5 heteroatoms. The minimum atomic E-state index is -0.459. The third-order valence-electron chi connectivity index (χ3n) is 4.84. The van der Waals surface area contributed by atoms with E-state index in [1.54, 1.807) is 11.3 Å². The Morgan fingerprint density at radius 3 is 2.54 bits per heavy atom. The van der Waals surface area contributed by atoms with Gasteiger partial charge in [0.1, 0.15) is 11.3 Å². The van der Waals surface area contributed by atoms with Crippen molar-refractivity contribution >= 4 is 17.3 Å². The summed E-state index contributed by atoms with van der Waals surface area (Å²) in [6.07, 6.45) is 1.38. The van der Waals surface area contributed by atoms with Crippen LogP contribution in [-0.2, 0) is 15.9 Å². The Morgan fingerprint density at radius 2 is 1.96 bits per heavy atom. The average molecular weight is 405 g/mol. The van der Waals surface area contributed by atoms with Crippen molar-refractivity contribution in [3.8, 4) is 5.75 Å². The van der Waals surface area contributed by atoms with Gasteiger partial charge in [-0.2, -0.15) is 0 Å². The molecule has 2 atom stereocenters. The summed E-state index contributed by atoms with van der Waals surface area (Å²) >= 11 is 1.71. The van der Waals surface area contributed by atoms with Crippen LogP contribution in [0.4, 0.5) is 0 Å². The van der Waals surface area contributed by atoms with Crippen LogP contribution in [0.2, 0.25) is 0 Å². The fourth-order valence-electron chi connectivity index (χ4n) is 3.48. The Bertz CT molecular complexity index is 746. The van der Waals surface area contributed by atoms with Crippen LogP contribution in [0.3, 0.4) is 0 Å². The molecule has 0 aliphatic carbocycles. The van der Waals surface area contributed by atoms with Crippen LogP contribution in [0.15, 0.2) is 35.7 Å². The zero-order valence-corrected chi connectivity index (χ0v) is 18.6. The smallest absolute Gasteiger partial charge is 0.341 e. The van der Waals surface area contributed by atoms with Gasteiger partial charge in [-0.3, -0.25) is 0 Å². The number of carbonyl (C=O) groups excluding carboxylic acids is 1. The number of esters is 1. The van der Waals surface area contributed by atoms with E-state index in [-0.39, 0.29) is 5.41 Å². The molecule has 4 nitrogen and oxygen atoms in total. The third-order valence-corrected chi connectivity index (χ3v) is 5.78. The minimum Gasteiger partial charge on any atom is -0.465 e. The van der Waals surface area contributed by atoms with E-state index < -0.39 is 12.3 Å². The highest BCUT2D eigenvalue weighted by Crippen LogP contribution is 2.39. The first-order valence-corrected chi connectivity index (χ1v) is 10.7. The molecule has 0 N–H and O–H groups in total. The predicted molar refractivity (Wildman–Crippen MR) is 114 cm³/mol. The van der Waals surface area contributed by atoms with Crippen LogP contribution in [0.5, 0.6) is 5.75 Å². The Kier molecular flexibility index (Phi) is 8.08. The van der Waals surface area contributed by atoms with Gasteiger partial charge in [-0.05, 0) is 53.8 Å². The van der Waals surface area contributed by atoms with Crippen LogP contribution in [0.25, 0.3) is 0 Å². The highest BCUT2D eigenvalue weighted by atomic mass is 32.1. The molecule has 1 aromatic carbocycles. The lowest BCUT2D eigenvalue weighted by molar-refractivity contribution is -0.0656. The van der Waals surface area contributed by atoms with Crippen LogP contribution in [-0.4, -0.2) is 26.0 Å². The Morgan fingerprint density at radius 1 is 1.21 bits per heavy atom. The first-order valence-electron chi connectivity index (χ1n) is 9.79. The number of hydrogen-bond acceptors (Lipinski definition) is 5. The molecule has 0 fully saturated rings. The SMILES string of the molecule is CCC(c1ccc(OC(C)OCCc2cccs2)c(C(=O)OC)c1)C(C)(C)C. The van der Waals surface area contributed by atoms with Gasteiger partial charge in [0.25, 0.3) is 0 Å². The van der Waals surface area contributed by atoms with E-state index in [0.717, 1.165) is 18.4 Å². The maximum absolute atomic E-state index is 12.4. The molecule has 0 saturated heterocycles. The van der Waals surface area contributed by atoms with Crippen molar-refractivity contribution in [1.82, 2.24) is 0 Å². The fraction of sp³-hybridized carbons (Fsp3) is 0.522. The zero-order valence-electron chi connectivity index (χ0n) is 17.8. The minimum absolute atomic E-state index is 0.0999. The van der Waals surface area contributed by atoms with E-state index in [1.165, 1.54) is 12.0 Å². The number of methoxy groups -OCH3 is 1. The van der Waals surface area contributed by atoms with E-state index in [0.29, 0.717) is 23.8 Å². The molecule has 154 valence electrons. The monoisotopic (exact) mass is 404 g/mol. The molecule has 2 rings (SSSR count). The van der Waals surface area contributed by atoms with Crippen molar-refractivity contribution in [3.63, 3.8) is 0 Å². The van der Waals surface area contributed by atoms with Gasteiger partial charge < -0.3 is 14.2 Å². The van der Waals surface area contributed by atoms with Gasteiger partial charge in [-0.1, -0.05) is 39.8 Å². The molecule has 0 radical (unpaired) electrons. The van der Waals surface area contributed by atoms with E-state index in [2.05, 4.69) is 39.1 Å². The summed E-state index contributed by atoms with van der Waals surface area (Å²) in [5.41, 5.74) is 1.66. The molecule has 2 unspecified atom stereocenters. The zero-order chi connectivity index (χ0) is 20.7. The molecule has 0 bridgehead atoms. The number of thiophene rings is 1. The van der Waals surface area contributed by atoms with Crippen LogP contribution in [0.1, 0.15) is 67.8 Å². The van der Waals surface area contributed by atoms with Crippen LogP contribution < -0.4 is 4.74 Å². The average Bonchev–Trinajstić information content (AvgIpc) is 3.15. The van der Waals surface area contributed by atoms with E-state index in [4.69, 9.17) is 14.2 Å². The lowest BCUT2D eigenvalue weighted by atomic mass is 9.75. The second kappa shape index (κ2) is 10.1. The third kappa shape index (κ3) is 6.08. The Balaban J connectivity index is 2.12. The number of rotatable bonds is 9. The van der Waals surface area contributed by atoms with Crippen molar-refractivity contribution in [3.05, 3.63) is 51.7 Å². The first kappa shape index (κ1) is 22.4. The van der Waals surface area contributed by atoms with Gasteiger partial charge in [0, 0.05) is 11.3 Å². The summed E-state index contributed by atoms with van der Waals surface area (Å²) < 4.78 is 16.7. The molecular weight excluding hydrogens is 372 g/mol. The maximum atomic E-state index is 12.4. The summed E-state index contributed by atoms with van der Waals surface area (Å²) in [7, 11) is 1.39. The Labute approximate surface area is 172 Å². The standard InChI is InChI=1S/C23H32O4S/c1-7-20(23(3,4)5)17-10-11-21(19(15-17)22(24)25-6)27-16(2)26-13-12-18-9-8-14-28-18/h8-11,14-16,20H,7,12-13H2,1-6H3.